The van der Waals surface area contributed by atoms with E-state index in [0.29, 0.717) is 18.0 Å². The lowest BCUT2D eigenvalue weighted by molar-refractivity contribution is 0.0697. The van der Waals surface area contributed by atoms with Gasteiger partial charge in [0, 0.05) is 35.0 Å². The van der Waals surface area contributed by atoms with Crippen LogP contribution in [-0.2, 0) is 10.8 Å². The lowest BCUT2D eigenvalue weighted by Crippen LogP contribution is -2.20. The molecular weight excluding hydrogens is 240 g/mol. The minimum atomic E-state index is -1.01. The molecule has 2 unspecified atom stereocenters. The van der Waals surface area contributed by atoms with E-state index in [4.69, 9.17) is 5.11 Å². The van der Waals surface area contributed by atoms with Crippen LogP contribution >= 0.6 is 0 Å². The van der Waals surface area contributed by atoms with Crippen LogP contribution in [0.5, 0.6) is 0 Å². The van der Waals surface area contributed by atoms with Crippen LogP contribution in [0.1, 0.15) is 23.7 Å². The first-order valence-corrected chi connectivity index (χ1v) is 6.98. The summed E-state index contributed by atoms with van der Waals surface area (Å²) in [5, 5.41) is 12.0. The van der Waals surface area contributed by atoms with Gasteiger partial charge in [-0.1, -0.05) is 0 Å². The number of hydrogen-bond donors (Lipinski definition) is 2. The fourth-order valence-electron chi connectivity index (χ4n) is 1.34. The highest BCUT2D eigenvalue weighted by atomic mass is 32.2. The number of pyridine rings is 1. The maximum Gasteiger partial charge on any atom is 0.339 e. The number of aromatic carboxylic acids is 1. The third kappa shape index (κ3) is 4.52. The molecule has 1 aromatic heterocycles. The Kier molecular flexibility index (Phi) is 5.09. The molecule has 0 aliphatic heterocycles. The lowest BCUT2D eigenvalue weighted by atomic mass is 10.2. The molecule has 0 spiro atoms. The Bertz CT molecular complexity index is 423. The predicted molar refractivity (Wildman–Crippen MR) is 67.8 cm³/mol. The Labute approximate surface area is 103 Å². The first kappa shape index (κ1) is 13.6. The Hall–Kier alpha value is -1.43. The maximum atomic E-state index is 10.9. The molecule has 1 heterocycles. The van der Waals surface area contributed by atoms with Crippen LogP contribution in [0.3, 0.4) is 0 Å². The summed E-state index contributed by atoms with van der Waals surface area (Å²) in [6, 6.07) is 3.12. The van der Waals surface area contributed by atoms with E-state index in [1.165, 1.54) is 6.07 Å². The molecule has 0 radical (unpaired) electrons. The highest BCUT2D eigenvalue weighted by Crippen LogP contribution is 2.13. The first-order chi connectivity index (χ1) is 8.00. The Balaban J connectivity index is 2.67. The van der Waals surface area contributed by atoms with Gasteiger partial charge in [-0.15, -0.1) is 0 Å². The number of hydrogen-bond acceptors (Lipinski definition) is 4. The molecule has 1 rings (SSSR count). The fraction of sp³-hybridized carbons (Fsp3) is 0.455. The van der Waals surface area contributed by atoms with Crippen molar-refractivity contribution in [2.45, 2.75) is 19.4 Å². The second-order valence-electron chi connectivity index (χ2n) is 3.82. The van der Waals surface area contributed by atoms with E-state index in [1.54, 1.807) is 18.5 Å². The van der Waals surface area contributed by atoms with Gasteiger partial charge in [-0.3, -0.25) is 4.21 Å². The number of anilines is 1. The summed E-state index contributed by atoms with van der Waals surface area (Å²) in [6.45, 7) is 1.91. The van der Waals surface area contributed by atoms with E-state index in [-0.39, 0.29) is 11.6 Å². The van der Waals surface area contributed by atoms with Crippen LogP contribution < -0.4 is 5.32 Å². The molecule has 17 heavy (non-hydrogen) atoms. The van der Waals surface area contributed by atoms with Gasteiger partial charge >= 0.3 is 5.97 Å². The average Bonchev–Trinajstić information content (AvgIpc) is 2.27. The van der Waals surface area contributed by atoms with Crippen LogP contribution in [0.2, 0.25) is 0 Å². The van der Waals surface area contributed by atoms with Gasteiger partial charge in [0.15, 0.2) is 0 Å². The van der Waals surface area contributed by atoms with Crippen LogP contribution in [-0.4, -0.2) is 38.3 Å². The van der Waals surface area contributed by atoms with Crippen molar-refractivity contribution in [1.82, 2.24) is 4.98 Å². The van der Waals surface area contributed by atoms with Crippen LogP contribution in [0.15, 0.2) is 18.3 Å². The van der Waals surface area contributed by atoms with Crippen molar-refractivity contribution in [3.8, 4) is 0 Å². The molecule has 0 fully saturated rings. The Morgan fingerprint density at radius 1 is 1.65 bits per heavy atom. The second kappa shape index (κ2) is 6.34. The SMILES string of the molecule is CC(CCS(C)=O)Nc1ncccc1C(=O)O. The molecule has 0 saturated heterocycles. The van der Waals surface area contributed by atoms with E-state index in [1.807, 2.05) is 6.92 Å². The number of carboxylic acids is 1. The number of nitrogens with one attached hydrogen (secondary N) is 1. The van der Waals surface area contributed by atoms with Crippen molar-refractivity contribution >= 4 is 22.6 Å². The van der Waals surface area contributed by atoms with Crippen molar-refractivity contribution in [3.63, 3.8) is 0 Å². The predicted octanol–water partition coefficient (Wildman–Crippen LogP) is 1.35. The van der Waals surface area contributed by atoms with Gasteiger partial charge in [0.05, 0.1) is 0 Å². The molecule has 1 aromatic rings. The smallest absolute Gasteiger partial charge is 0.339 e. The molecular formula is C11H16N2O3S. The summed E-state index contributed by atoms with van der Waals surface area (Å²) in [5.41, 5.74) is 0.150. The number of carboxylic acid groups (broad SMARTS) is 1. The Morgan fingerprint density at radius 3 is 2.94 bits per heavy atom. The monoisotopic (exact) mass is 256 g/mol. The molecule has 2 atom stereocenters. The first-order valence-electron chi connectivity index (χ1n) is 5.25. The van der Waals surface area contributed by atoms with Gasteiger partial charge in [-0.2, -0.15) is 0 Å². The normalized spacial score (nSPS) is 14.0. The van der Waals surface area contributed by atoms with Crippen LogP contribution in [0.25, 0.3) is 0 Å². The number of carbonyl (C=O) groups is 1. The highest BCUT2D eigenvalue weighted by molar-refractivity contribution is 7.84. The van der Waals surface area contributed by atoms with E-state index in [9.17, 15) is 9.00 Å². The minimum absolute atomic E-state index is 0.0342. The van der Waals surface area contributed by atoms with Gasteiger partial charge < -0.3 is 10.4 Å². The molecule has 0 aromatic carbocycles. The molecule has 0 aliphatic carbocycles. The molecule has 0 aliphatic rings. The average molecular weight is 256 g/mol. The van der Waals surface area contributed by atoms with E-state index in [2.05, 4.69) is 10.3 Å². The zero-order valence-electron chi connectivity index (χ0n) is 9.84. The topological polar surface area (TPSA) is 79.3 Å². The highest BCUT2D eigenvalue weighted by Gasteiger charge is 2.12. The summed E-state index contributed by atoms with van der Waals surface area (Å²) in [6.07, 6.45) is 3.90. The van der Waals surface area contributed by atoms with Crippen molar-refractivity contribution in [2.75, 3.05) is 17.3 Å². The summed E-state index contributed by atoms with van der Waals surface area (Å²) in [5.74, 6) is -0.0649. The maximum absolute atomic E-state index is 10.9. The van der Waals surface area contributed by atoms with E-state index in [0.717, 1.165) is 0 Å². The van der Waals surface area contributed by atoms with Gasteiger partial charge in [-0.05, 0) is 25.5 Å². The van der Waals surface area contributed by atoms with Crippen LogP contribution in [0, 0.1) is 0 Å². The van der Waals surface area contributed by atoms with Gasteiger partial charge in [0.25, 0.3) is 0 Å². The summed E-state index contributed by atoms with van der Waals surface area (Å²) in [7, 11) is -0.835. The molecule has 0 saturated carbocycles. The molecule has 6 heteroatoms. The van der Waals surface area contributed by atoms with Gasteiger partial charge in [0.2, 0.25) is 0 Å². The fourth-order valence-corrected chi connectivity index (χ4v) is 2.03. The van der Waals surface area contributed by atoms with Crippen molar-refractivity contribution in [1.29, 1.82) is 0 Å². The van der Waals surface area contributed by atoms with E-state index < -0.39 is 16.8 Å². The van der Waals surface area contributed by atoms with Crippen molar-refractivity contribution in [2.24, 2.45) is 0 Å². The number of nitrogens with zero attached hydrogens (tertiary/aromatic N) is 1. The third-order valence-corrected chi connectivity index (χ3v) is 3.07. The molecule has 94 valence electrons. The summed E-state index contributed by atoms with van der Waals surface area (Å²) >= 11 is 0. The quantitative estimate of drug-likeness (QED) is 0.803. The molecule has 0 bridgehead atoms. The Morgan fingerprint density at radius 2 is 2.35 bits per heavy atom. The number of rotatable bonds is 6. The largest absolute Gasteiger partial charge is 0.478 e. The summed E-state index contributed by atoms with van der Waals surface area (Å²) in [4.78, 5) is 14.9. The molecule has 2 N–H and O–H groups in total. The molecule has 0 amide bonds. The van der Waals surface area contributed by atoms with E-state index >= 15 is 0 Å². The van der Waals surface area contributed by atoms with Crippen molar-refractivity contribution < 1.29 is 14.1 Å². The third-order valence-electron chi connectivity index (χ3n) is 2.26. The van der Waals surface area contributed by atoms with Crippen LogP contribution in [0.4, 0.5) is 5.82 Å². The second-order valence-corrected chi connectivity index (χ2v) is 5.37. The van der Waals surface area contributed by atoms with Crippen molar-refractivity contribution in [3.05, 3.63) is 23.9 Å². The zero-order valence-corrected chi connectivity index (χ0v) is 10.7. The van der Waals surface area contributed by atoms with Gasteiger partial charge in [-0.25, -0.2) is 9.78 Å². The minimum Gasteiger partial charge on any atom is -0.478 e. The molecule has 5 nitrogen and oxygen atoms in total. The zero-order chi connectivity index (χ0) is 12.8. The van der Waals surface area contributed by atoms with Gasteiger partial charge in [0.1, 0.15) is 11.4 Å². The number of aromatic nitrogens is 1. The lowest BCUT2D eigenvalue weighted by Gasteiger charge is -2.15. The summed E-state index contributed by atoms with van der Waals surface area (Å²) < 4.78 is 10.9. The standard InChI is InChI=1S/C11H16N2O3S/c1-8(5-7-17(2)16)13-10-9(11(14)15)4-3-6-12-10/h3-4,6,8H,5,7H2,1-2H3,(H,12,13)(H,14,15).